The highest BCUT2D eigenvalue weighted by molar-refractivity contribution is 7.09. The average Bonchev–Trinajstić information content (AvgIpc) is 2.50. The van der Waals surface area contributed by atoms with Crippen LogP contribution in [0.2, 0.25) is 0 Å². The Labute approximate surface area is 70.6 Å². The van der Waals surface area contributed by atoms with Gasteiger partial charge in [-0.25, -0.2) is 5.43 Å². The minimum Gasteiger partial charge on any atom is -0.303 e. The van der Waals surface area contributed by atoms with Crippen LogP contribution in [0.15, 0.2) is 17.5 Å². The highest BCUT2D eigenvalue weighted by atomic mass is 32.1. The molecule has 11 heavy (non-hydrogen) atoms. The quantitative estimate of drug-likeness (QED) is 0.258. The van der Waals surface area contributed by atoms with E-state index < -0.39 is 0 Å². The summed E-state index contributed by atoms with van der Waals surface area (Å²) in [5, 5.41) is 5.24. The van der Waals surface area contributed by atoms with Gasteiger partial charge in [-0.3, -0.25) is 5.84 Å². The second-order valence-electron chi connectivity index (χ2n) is 2.21. The lowest BCUT2D eigenvalue weighted by atomic mass is 10.3. The van der Waals surface area contributed by atoms with E-state index in [1.165, 1.54) is 4.88 Å². The first-order valence-electron chi connectivity index (χ1n) is 3.60. The SMILES string of the molecule is NNCNCCc1cccs1. The molecule has 1 aromatic rings. The Bertz CT molecular complexity index is 174. The predicted octanol–water partition coefficient (Wildman–Crippen LogP) is 0.301. The Morgan fingerprint density at radius 2 is 2.45 bits per heavy atom. The molecule has 1 aromatic heterocycles. The molecular weight excluding hydrogens is 158 g/mol. The second-order valence-corrected chi connectivity index (χ2v) is 3.24. The Morgan fingerprint density at radius 3 is 3.09 bits per heavy atom. The number of hydrogen-bond acceptors (Lipinski definition) is 4. The zero-order valence-electron chi connectivity index (χ0n) is 6.34. The fourth-order valence-electron chi connectivity index (χ4n) is 0.827. The molecular formula is C7H13N3S. The Balaban J connectivity index is 2.04. The summed E-state index contributed by atoms with van der Waals surface area (Å²) in [5.41, 5.74) is 2.54. The van der Waals surface area contributed by atoms with E-state index in [9.17, 15) is 0 Å². The molecule has 0 radical (unpaired) electrons. The fraction of sp³-hybridized carbons (Fsp3) is 0.429. The number of rotatable bonds is 5. The fourth-order valence-corrected chi connectivity index (χ4v) is 1.54. The van der Waals surface area contributed by atoms with E-state index in [4.69, 9.17) is 5.84 Å². The van der Waals surface area contributed by atoms with Crippen molar-refractivity contribution in [3.63, 3.8) is 0 Å². The van der Waals surface area contributed by atoms with Crippen LogP contribution in [0, 0.1) is 0 Å². The monoisotopic (exact) mass is 171 g/mol. The van der Waals surface area contributed by atoms with Gasteiger partial charge in [-0.15, -0.1) is 11.3 Å². The van der Waals surface area contributed by atoms with Gasteiger partial charge < -0.3 is 5.32 Å². The predicted molar refractivity (Wildman–Crippen MR) is 48.2 cm³/mol. The Morgan fingerprint density at radius 1 is 1.55 bits per heavy atom. The van der Waals surface area contributed by atoms with E-state index in [0.717, 1.165) is 13.0 Å². The first kappa shape index (κ1) is 8.67. The van der Waals surface area contributed by atoms with Crippen molar-refractivity contribution in [1.29, 1.82) is 0 Å². The van der Waals surface area contributed by atoms with Gasteiger partial charge in [0.05, 0.1) is 6.67 Å². The summed E-state index contributed by atoms with van der Waals surface area (Å²) in [6.07, 6.45) is 1.08. The molecule has 0 fully saturated rings. The molecule has 0 amide bonds. The maximum absolute atomic E-state index is 5.08. The molecule has 4 N–H and O–H groups in total. The third kappa shape index (κ3) is 3.48. The van der Waals surface area contributed by atoms with Crippen molar-refractivity contribution in [2.45, 2.75) is 6.42 Å². The van der Waals surface area contributed by atoms with Crippen molar-refractivity contribution in [2.24, 2.45) is 5.84 Å². The lowest BCUT2D eigenvalue weighted by molar-refractivity contribution is 0.603. The molecule has 0 aliphatic carbocycles. The van der Waals surface area contributed by atoms with Gasteiger partial charge in [0.2, 0.25) is 0 Å². The summed E-state index contributed by atoms with van der Waals surface area (Å²) < 4.78 is 0. The van der Waals surface area contributed by atoms with Gasteiger partial charge in [0.1, 0.15) is 0 Å². The molecule has 0 atom stereocenters. The van der Waals surface area contributed by atoms with Crippen LogP contribution in [0.3, 0.4) is 0 Å². The van der Waals surface area contributed by atoms with Crippen LogP contribution >= 0.6 is 11.3 Å². The molecule has 0 bridgehead atoms. The van der Waals surface area contributed by atoms with Crippen LogP contribution in [0.4, 0.5) is 0 Å². The lowest BCUT2D eigenvalue weighted by Gasteiger charge is -2.00. The van der Waals surface area contributed by atoms with E-state index in [-0.39, 0.29) is 0 Å². The molecule has 0 saturated carbocycles. The number of nitrogens with two attached hydrogens (primary N) is 1. The van der Waals surface area contributed by atoms with Crippen molar-refractivity contribution >= 4 is 11.3 Å². The highest BCUT2D eigenvalue weighted by Crippen LogP contribution is 2.07. The minimum absolute atomic E-state index is 0.672. The summed E-state index contributed by atoms with van der Waals surface area (Å²) in [6, 6.07) is 4.21. The first-order chi connectivity index (χ1) is 5.43. The topological polar surface area (TPSA) is 50.1 Å². The van der Waals surface area contributed by atoms with E-state index in [0.29, 0.717) is 6.67 Å². The van der Waals surface area contributed by atoms with Crippen molar-refractivity contribution in [2.75, 3.05) is 13.2 Å². The number of hydrogen-bond donors (Lipinski definition) is 3. The van der Waals surface area contributed by atoms with Crippen LogP contribution in [0.25, 0.3) is 0 Å². The third-order valence-electron chi connectivity index (χ3n) is 1.36. The molecule has 1 heterocycles. The first-order valence-corrected chi connectivity index (χ1v) is 4.48. The van der Waals surface area contributed by atoms with E-state index in [2.05, 4.69) is 28.3 Å². The van der Waals surface area contributed by atoms with Gasteiger partial charge in [-0.1, -0.05) is 6.07 Å². The average molecular weight is 171 g/mol. The van der Waals surface area contributed by atoms with Gasteiger partial charge in [0, 0.05) is 11.4 Å². The summed E-state index contributed by atoms with van der Waals surface area (Å²) in [7, 11) is 0. The number of nitrogens with one attached hydrogen (secondary N) is 2. The molecule has 1 rings (SSSR count). The van der Waals surface area contributed by atoms with Crippen molar-refractivity contribution in [3.8, 4) is 0 Å². The molecule has 0 unspecified atom stereocenters. The second kappa shape index (κ2) is 5.26. The van der Waals surface area contributed by atoms with E-state index in [1.54, 1.807) is 11.3 Å². The highest BCUT2D eigenvalue weighted by Gasteiger charge is 1.91. The largest absolute Gasteiger partial charge is 0.303 e. The van der Waals surface area contributed by atoms with Crippen LogP contribution in [0.5, 0.6) is 0 Å². The normalized spacial score (nSPS) is 10.3. The lowest BCUT2D eigenvalue weighted by Crippen LogP contribution is -2.34. The molecule has 4 heteroatoms. The summed E-state index contributed by atoms with van der Waals surface area (Å²) in [6.45, 7) is 1.65. The van der Waals surface area contributed by atoms with Gasteiger partial charge in [-0.05, 0) is 17.9 Å². The third-order valence-corrected chi connectivity index (χ3v) is 2.29. The van der Waals surface area contributed by atoms with E-state index >= 15 is 0 Å². The zero-order chi connectivity index (χ0) is 7.94. The summed E-state index contributed by atoms with van der Waals surface area (Å²) in [5.74, 6) is 5.08. The summed E-state index contributed by atoms with van der Waals surface area (Å²) in [4.78, 5) is 1.41. The van der Waals surface area contributed by atoms with Crippen LogP contribution < -0.4 is 16.6 Å². The maximum atomic E-state index is 5.08. The molecule has 62 valence electrons. The molecule has 0 spiro atoms. The molecule has 0 aliphatic rings. The van der Waals surface area contributed by atoms with Gasteiger partial charge in [-0.2, -0.15) is 0 Å². The zero-order valence-corrected chi connectivity index (χ0v) is 7.16. The number of thiophene rings is 1. The van der Waals surface area contributed by atoms with Crippen molar-refractivity contribution < 1.29 is 0 Å². The van der Waals surface area contributed by atoms with Gasteiger partial charge >= 0.3 is 0 Å². The van der Waals surface area contributed by atoms with Gasteiger partial charge in [0.15, 0.2) is 0 Å². The molecule has 0 saturated heterocycles. The number of hydrazine groups is 1. The molecule has 0 aliphatic heterocycles. The maximum Gasteiger partial charge on any atom is 0.0587 e. The molecule has 3 nitrogen and oxygen atoms in total. The Hall–Kier alpha value is -0.420. The van der Waals surface area contributed by atoms with Gasteiger partial charge in [0.25, 0.3) is 0 Å². The standard InChI is InChI=1S/C7H13N3S/c8-10-6-9-4-3-7-2-1-5-11-7/h1-2,5,9-10H,3-4,6,8H2. The van der Waals surface area contributed by atoms with E-state index in [1.807, 2.05) is 0 Å². The van der Waals surface area contributed by atoms with Crippen LogP contribution in [0.1, 0.15) is 4.88 Å². The molecule has 0 aromatic carbocycles. The van der Waals surface area contributed by atoms with Crippen LogP contribution in [-0.2, 0) is 6.42 Å². The van der Waals surface area contributed by atoms with Crippen LogP contribution in [-0.4, -0.2) is 13.2 Å². The summed E-state index contributed by atoms with van der Waals surface area (Å²) >= 11 is 1.79. The Kier molecular flexibility index (Phi) is 4.15. The smallest absolute Gasteiger partial charge is 0.0587 e. The van der Waals surface area contributed by atoms with Crippen molar-refractivity contribution in [1.82, 2.24) is 10.7 Å². The minimum atomic E-state index is 0.672. The van der Waals surface area contributed by atoms with Crippen molar-refractivity contribution in [3.05, 3.63) is 22.4 Å².